The van der Waals surface area contributed by atoms with E-state index in [4.69, 9.17) is 4.52 Å². The first-order valence-corrected chi connectivity index (χ1v) is 9.02. The van der Waals surface area contributed by atoms with Crippen molar-refractivity contribution in [1.29, 1.82) is 0 Å². The maximum atomic E-state index is 12.5. The molecule has 6 nitrogen and oxygen atoms in total. The van der Waals surface area contributed by atoms with E-state index in [1.165, 1.54) is 0 Å². The molecule has 0 saturated carbocycles. The Bertz CT molecular complexity index is 1110. The van der Waals surface area contributed by atoms with Gasteiger partial charge >= 0.3 is 0 Å². The first kappa shape index (κ1) is 17.7. The van der Waals surface area contributed by atoms with Gasteiger partial charge in [-0.2, -0.15) is 5.10 Å². The van der Waals surface area contributed by atoms with E-state index in [0.717, 1.165) is 22.5 Å². The first-order valence-electron chi connectivity index (χ1n) is 9.02. The van der Waals surface area contributed by atoms with Crippen LogP contribution in [0.2, 0.25) is 0 Å². The Morgan fingerprint density at radius 2 is 1.86 bits per heavy atom. The summed E-state index contributed by atoms with van der Waals surface area (Å²) in [6, 6.07) is 20.9. The molecule has 2 aromatic carbocycles. The Labute approximate surface area is 162 Å². The van der Waals surface area contributed by atoms with Crippen molar-refractivity contribution in [3.05, 3.63) is 89.4 Å². The molecule has 28 heavy (non-hydrogen) atoms. The Morgan fingerprint density at radius 3 is 2.61 bits per heavy atom. The predicted octanol–water partition coefficient (Wildman–Crippen LogP) is 4.46. The van der Waals surface area contributed by atoms with Crippen molar-refractivity contribution in [2.45, 2.75) is 20.4 Å². The summed E-state index contributed by atoms with van der Waals surface area (Å²) in [6.45, 7) is 4.65. The summed E-state index contributed by atoms with van der Waals surface area (Å²) in [6.07, 6.45) is 0. The molecular weight excluding hydrogens is 352 g/mol. The summed E-state index contributed by atoms with van der Waals surface area (Å²) in [5.74, 6) is 0.248. The summed E-state index contributed by atoms with van der Waals surface area (Å²) in [5, 5.41) is 11.3. The molecule has 0 saturated heterocycles. The van der Waals surface area contributed by atoms with Gasteiger partial charge in [-0.15, -0.1) is 0 Å². The number of hydrogen-bond acceptors (Lipinski definition) is 4. The van der Waals surface area contributed by atoms with Gasteiger partial charge in [-0.25, -0.2) is 0 Å². The molecule has 0 bridgehead atoms. The van der Waals surface area contributed by atoms with E-state index in [9.17, 15) is 4.79 Å². The third-order valence-electron chi connectivity index (χ3n) is 4.42. The highest BCUT2D eigenvalue weighted by atomic mass is 16.5. The van der Waals surface area contributed by atoms with Gasteiger partial charge in [-0.05, 0) is 37.6 Å². The van der Waals surface area contributed by atoms with E-state index in [-0.39, 0.29) is 11.6 Å². The van der Waals surface area contributed by atoms with E-state index in [1.54, 1.807) is 6.07 Å². The number of nitrogens with one attached hydrogen (secondary N) is 1. The molecule has 6 heteroatoms. The number of aryl methyl sites for hydroxylation is 2. The molecule has 1 amide bonds. The van der Waals surface area contributed by atoms with Crippen LogP contribution in [-0.2, 0) is 6.54 Å². The molecule has 4 aromatic rings. The molecule has 0 aliphatic carbocycles. The fraction of sp³-hybridized carbons (Fsp3) is 0.136. The lowest BCUT2D eigenvalue weighted by Gasteiger charge is -2.08. The highest BCUT2D eigenvalue weighted by Gasteiger charge is 2.14. The van der Waals surface area contributed by atoms with Gasteiger partial charge in [0.25, 0.3) is 5.91 Å². The van der Waals surface area contributed by atoms with Crippen LogP contribution >= 0.6 is 0 Å². The van der Waals surface area contributed by atoms with Crippen LogP contribution in [0.3, 0.4) is 0 Å². The Morgan fingerprint density at radius 1 is 1.04 bits per heavy atom. The Kier molecular flexibility index (Phi) is 4.76. The van der Waals surface area contributed by atoms with Crippen molar-refractivity contribution >= 4 is 11.6 Å². The number of hydrogen-bond donors (Lipinski definition) is 1. The molecule has 0 aliphatic rings. The van der Waals surface area contributed by atoms with Crippen LogP contribution in [0.1, 0.15) is 27.4 Å². The number of benzene rings is 2. The van der Waals surface area contributed by atoms with Gasteiger partial charge in [-0.3, -0.25) is 9.48 Å². The van der Waals surface area contributed by atoms with Crippen molar-refractivity contribution in [2.24, 2.45) is 0 Å². The molecule has 0 atom stereocenters. The smallest absolute Gasteiger partial charge is 0.277 e. The van der Waals surface area contributed by atoms with Crippen LogP contribution in [0.15, 0.2) is 71.3 Å². The van der Waals surface area contributed by atoms with Crippen LogP contribution in [0.25, 0.3) is 11.3 Å². The van der Waals surface area contributed by atoms with Crippen molar-refractivity contribution in [1.82, 2.24) is 14.9 Å². The topological polar surface area (TPSA) is 73.0 Å². The first-order chi connectivity index (χ1) is 13.6. The van der Waals surface area contributed by atoms with Gasteiger partial charge in [0.2, 0.25) is 0 Å². The summed E-state index contributed by atoms with van der Waals surface area (Å²) in [7, 11) is 0. The van der Waals surface area contributed by atoms with Gasteiger partial charge in [0.15, 0.2) is 11.5 Å². The Balaban J connectivity index is 1.48. The monoisotopic (exact) mass is 372 g/mol. The zero-order valence-corrected chi connectivity index (χ0v) is 15.7. The molecule has 2 heterocycles. The van der Waals surface area contributed by atoms with Crippen molar-refractivity contribution in [3.8, 4) is 11.3 Å². The highest BCUT2D eigenvalue weighted by molar-refractivity contribution is 6.03. The SMILES string of the molecule is Cc1cc(C)n(Cc2cccc(NC(=O)c3cc(-c4ccccc4)on3)c2)n1. The quantitative estimate of drug-likeness (QED) is 0.561. The number of aromatic nitrogens is 3. The zero-order chi connectivity index (χ0) is 19.5. The molecule has 140 valence electrons. The molecule has 2 aromatic heterocycles. The summed E-state index contributed by atoms with van der Waals surface area (Å²) in [4.78, 5) is 12.5. The van der Waals surface area contributed by atoms with Crippen molar-refractivity contribution < 1.29 is 9.32 Å². The molecule has 0 unspecified atom stereocenters. The van der Waals surface area contributed by atoms with E-state index in [1.807, 2.05) is 79.2 Å². The van der Waals surface area contributed by atoms with Gasteiger partial charge in [0.1, 0.15) is 0 Å². The zero-order valence-electron chi connectivity index (χ0n) is 15.7. The van der Waals surface area contributed by atoms with Crippen LogP contribution < -0.4 is 5.32 Å². The van der Waals surface area contributed by atoms with Crippen LogP contribution in [0, 0.1) is 13.8 Å². The van der Waals surface area contributed by atoms with Gasteiger partial charge in [0.05, 0.1) is 12.2 Å². The standard InChI is InChI=1S/C22H20N4O2/c1-15-11-16(2)26(24-15)14-17-7-6-10-19(12-17)23-22(27)20-13-21(28-25-20)18-8-4-3-5-9-18/h3-13H,14H2,1-2H3,(H,23,27). The summed E-state index contributed by atoms with van der Waals surface area (Å²) < 4.78 is 7.25. The van der Waals surface area contributed by atoms with Crippen LogP contribution in [0.5, 0.6) is 0 Å². The van der Waals surface area contributed by atoms with Crippen molar-refractivity contribution in [3.63, 3.8) is 0 Å². The van der Waals surface area contributed by atoms with Crippen LogP contribution in [-0.4, -0.2) is 20.8 Å². The Hall–Kier alpha value is -3.67. The third kappa shape index (κ3) is 3.86. The molecule has 0 aliphatic heterocycles. The van der Waals surface area contributed by atoms with E-state index in [2.05, 4.69) is 15.6 Å². The van der Waals surface area contributed by atoms with Gasteiger partial charge < -0.3 is 9.84 Å². The number of nitrogens with zero attached hydrogens (tertiary/aromatic N) is 3. The van der Waals surface area contributed by atoms with E-state index in [0.29, 0.717) is 18.0 Å². The molecule has 4 rings (SSSR count). The fourth-order valence-electron chi connectivity index (χ4n) is 3.07. The molecule has 0 spiro atoms. The summed E-state index contributed by atoms with van der Waals surface area (Å²) >= 11 is 0. The normalized spacial score (nSPS) is 10.8. The minimum absolute atomic E-state index is 0.239. The van der Waals surface area contributed by atoms with E-state index < -0.39 is 0 Å². The minimum Gasteiger partial charge on any atom is -0.355 e. The maximum Gasteiger partial charge on any atom is 0.277 e. The molecular formula is C22H20N4O2. The van der Waals surface area contributed by atoms with Gasteiger partial charge in [-0.1, -0.05) is 47.6 Å². The van der Waals surface area contributed by atoms with Gasteiger partial charge in [0, 0.05) is 23.0 Å². The number of amides is 1. The number of carbonyl (C=O) groups is 1. The maximum absolute atomic E-state index is 12.5. The predicted molar refractivity (Wildman–Crippen MR) is 107 cm³/mol. The lowest BCUT2D eigenvalue weighted by atomic mass is 10.1. The second-order valence-corrected chi connectivity index (χ2v) is 6.68. The lowest BCUT2D eigenvalue weighted by molar-refractivity contribution is 0.101. The molecule has 0 radical (unpaired) electrons. The third-order valence-corrected chi connectivity index (χ3v) is 4.42. The second-order valence-electron chi connectivity index (χ2n) is 6.68. The number of carbonyl (C=O) groups excluding carboxylic acids is 1. The van der Waals surface area contributed by atoms with Crippen molar-refractivity contribution in [2.75, 3.05) is 5.32 Å². The number of anilines is 1. The van der Waals surface area contributed by atoms with E-state index >= 15 is 0 Å². The molecule has 0 fully saturated rings. The minimum atomic E-state index is -0.311. The fourth-order valence-corrected chi connectivity index (χ4v) is 3.07. The average Bonchev–Trinajstić information content (AvgIpc) is 3.30. The average molecular weight is 372 g/mol. The lowest BCUT2D eigenvalue weighted by Crippen LogP contribution is -2.12. The second kappa shape index (κ2) is 7.52. The molecule has 1 N–H and O–H groups in total. The largest absolute Gasteiger partial charge is 0.355 e. The summed E-state index contributed by atoms with van der Waals surface area (Å²) in [5.41, 5.74) is 4.95. The number of rotatable bonds is 5. The van der Waals surface area contributed by atoms with Crippen LogP contribution in [0.4, 0.5) is 5.69 Å². The highest BCUT2D eigenvalue weighted by Crippen LogP contribution is 2.20.